The normalized spacial score (nSPS) is 18.0. The van der Waals surface area contributed by atoms with E-state index < -0.39 is 0 Å². The number of rotatable bonds is 8. The van der Waals surface area contributed by atoms with Crippen LogP contribution < -0.4 is 26.0 Å². The molecule has 0 atom stereocenters. The number of benzene rings is 2. The molecule has 0 amide bonds. The first-order chi connectivity index (χ1) is 29.2. The van der Waals surface area contributed by atoms with Gasteiger partial charge in [-0.3, -0.25) is 9.89 Å². The summed E-state index contributed by atoms with van der Waals surface area (Å²) >= 11 is 0. The van der Waals surface area contributed by atoms with Crippen LogP contribution >= 0.6 is 0 Å². The number of phenolic OH excluding ortho intramolecular Hbond substituents is 2. The van der Waals surface area contributed by atoms with Crippen molar-refractivity contribution in [3.8, 4) is 56.4 Å². The third-order valence-corrected chi connectivity index (χ3v) is 11.9. The van der Waals surface area contributed by atoms with E-state index in [1.807, 2.05) is 54.6 Å². The Kier molecular flexibility index (Phi) is 12.0. The van der Waals surface area contributed by atoms with Crippen molar-refractivity contribution in [1.82, 2.24) is 46.2 Å². The third-order valence-electron chi connectivity index (χ3n) is 11.9. The van der Waals surface area contributed by atoms with E-state index in [4.69, 9.17) is 0 Å². The lowest BCUT2D eigenvalue weighted by atomic mass is 9.79. The Hall–Kier alpha value is -6.12. The molecule has 6 N–H and O–H groups in total. The number of hydrogen-bond donors (Lipinski definition) is 6. The summed E-state index contributed by atoms with van der Waals surface area (Å²) in [6.45, 7) is 17.9. The SMILES string of the molecule is CN(c1ccc(-c2cc(-c3cc[nH]c(=O)c3)ccc2O)nn1)C1CC(C)(C)NC(C)(C)C1.CN(c1ccc(-c2cc(-c3ccn[nH]3)ccc2O)nn1)C1CC(C)(C)NC(C)(C)C1. The molecule has 2 saturated heterocycles. The Labute approximate surface area is 364 Å². The maximum absolute atomic E-state index is 11.7. The fourth-order valence-electron chi connectivity index (χ4n) is 9.64. The molecular formula is C48H61N11O3. The number of phenols is 2. The van der Waals surface area contributed by atoms with Crippen LogP contribution in [0, 0.1) is 0 Å². The van der Waals surface area contributed by atoms with E-state index in [1.54, 1.807) is 30.6 Å². The minimum atomic E-state index is -0.173. The lowest BCUT2D eigenvalue weighted by molar-refractivity contribution is 0.160. The maximum atomic E-state index is 11.7. The standard InChI is InChI=1S/C25H31N5O2.C23H30N6O/c1-24(2)14-18(15-25(3,4)29-24)30(5)22-9-7-20(27-28-22)19-12-16(6-8-21(19)31)17-10-11-26-23(32)13-17;1-22(2)13-16(14-23(3,4)28-22)29(5)21-9-7-19(26-27-21)17-12-15(6-8-20(17)30)18-10-11-24-25-18/h6-13,18,29,31H,14-15H2,1-5H3,(H,26,32);6-12,16,28,30H,13-14H2,1-5H3,(H,24,25). The first-order valence-electron chi connectivity index (χ1n) is 21.2. The first kappa shape index (κ1) is 44.0. The second kappa shape index (κ2) is 17.0. The molecule has 2 aliphatic heterocycles. The van der Waals surface area contributed by atoms with Crippen molar-refractivity contribution in [3.05, 3.63) is 102 Å². The van der Waals surface area contributed by atoms with Gasteiger partial charge in [-0.25, -0.2) is 0 Å². The van der Waals surface area contributed by atoms with Crippen LogP contribution in [-0.2, 0) is 0 Å². The van der Waals surface area contributed by atoms with Gasteiger partial charge in [0.1, 0.15) is 11.5 Å². The predicted molar refractivity (Wildman–Crippen MR) is 247 cm³/mol. The molecule has 8 rings (SSSR count). The second-order valence-electron chi connectivity index (χ2n) is 19.6. The highest BCUT2D eigenvalue weighted by molar-refractivity contribution is 5.76. The summed E-state index contributed by atoms with van der Waals surface area (Å²) in [5.74, 6) is 1.94. The number of aromatic amines is 2. The van der Waals surface area contributed by atoms with Gasteiger partial charge in [-0.15, -0.1) is 20.4 Å². The van der Waals surface area contributed by atoms with Crippen LogP contribution in [0.15, 0.2) is 96.1 Å². The summed E-state index contributed by atoms with van der Waals surface area (Å²) in [5.41, 5.74) is 5.89. The van der Waals surface area contributed by atoms with Gasteiger partial charge >= 0.3 is 0 Å². The molecule has 2 fully saturated rings. The van der Waals surface area contributed by atoms with Gasteiger partial charge in [0.15, 0.2) is 11.6 Å². The molecule has 0 spiro atoms. The van der Waals surface area contributed by atoms with Gasteiger partial charge in [-0.2, -0.15) is 5.10 Å². The molecule has 4 aromatic heterocycles. The van der Waals surface area contributed by atoms with Crippen LogP contribution in [0.4, 0.5) is 11.6 Å². The molecule has 2 aromatic carbocycles. The van der Waals surface area contributed by atoms with Crippen LogP contribution in [0.3, 0.4) is 0 Å². The van der Waals surface area contributed by atoms with Gasteiger partial charge in [0.05, 0.1) is 17.1 Å². The number of hydrogen-bond acceptors (Lipinski definition) is 12. The van der Waals surface area contributed by atoms with Gasteiger partial charge in [-0.1, -0.05) is 6.07 Å². The van der Waals surface area contributed by atoms with Crippen molar-refractivity contribution in [1.29, 1.82) is 0 Å². The molecule has 62 heavy (non-hydrogen) atoms. The van der Waals surface area contributed by atoms with Crippen LogP contribution in [0.2, 0.25) is 0 Å². The fraction of sp³-hybridized carbons (Fsp3) is 0.417. The number of piperidine rings is 2. The van der Waals surface area contributed by atoms with Crippen molar-refractivity contribution in [2.24, 2.45) is 0 Å². The van der Waals surface area contributed by atoms with Crippen LogP contribution in [0.5, 0.6) is 11.5 Å². The van der Waals surface area contributed by atoms with Gasteiger partial charge in [0.25, 0.3) is 0 Å². The predicted octanol–water partition coefficient (Wildman–Crippen LogP) is 7.93. The number of pyridine rings is 1. The van der Waals surface area contributed by atoms with Gasteiger partial charge in [0.2, 0.25) is 5.56 Å². The van der Waals surface area contributed by atoms with E-state index in [2.05, 4.69) is 125 Å². The summed E-state index contributed by atoms with van der Waals surface area (Å²) in [4.78, 5) is 18.7. The summed E-state index contributed by atoms with van der Waals surface area (Å²) < 4.78 is 0. The van der Waals surface area contributed by atoms with E-state index in [0.29, 0.717) is 34.6 Å². The van der Waals surface area contributed by atoms with Crippen molar-refractivity contribution in [2.45, 2.75) is 115 Å². The zero-order valence-corrected chi connectivity index (χ0v) is 37.6. The molecule has 0 aliphatic carbocycles. The van der Waals surface area contributed by atoms with Gasteiger partial charge < -0.3 is 35.6 Å². The number of aromatic nitrogens is 7. The first-order valence-corrected chi connectivity index (χ1v) is 21.2. The minimum absolute atomic E-state index is 0.0411. The summed E-state index contributed by atoms with van der Waals surface area (Å²) in [5, 5.41) is 53.0. The van der Waals surface area contributed by atoms with E-state index >= 15 is 0 Å². The highest BCUT2D eigenvalue weighted by Crippen LogP contribution is 2.37. The molecule has 6 heterocycles. The largest absolute Gasteiger partial charge is 0.507 e. The summed E-state index contributed by atoms with van der Waals surface area (Å²) in [6.07, 6.45) is 7.39. The number of anilines is 2. The average Bonchev–Trinajstić information content (AvgIpc) is 3.74. The fourth-order valence-corrected chi connectivity index (χ4v) is 9.64. The highest BCUT2D eigenvalue weighted by Gasteiger charge is 2.41. The lowest BCUT2D eigenvalue weighted by Crippen LogP contribution is -2.62. The zero-order chi connectivity index (χ0) is 44.6. The molecular weight excluding hydrogens is 779 g/mol. The second-order valence-corrected chi connectivity index (χ2v) is 19.6. The quantitative estimate of drug-likeness (QED) is 0.0872. The summed E-state index contributed by atoms with van der Waals surface area (Å²) in [7, 11) is 4.15. The van der Waals surface area contributed by atoms with Crippen molar-refractivity contribution >= 4 is 11.6 Å². The van der Waals surface area contributed by atoms with E-state index in [9.17, 15) is 15.0 Å². The number of H-pyrrole nitrogens is 2. The highest BCUT2D eigenvalue weighted by atomic mass is 16.3. The monoisotopic (exact) mass is 839 g/mol. The molecule has 2 aliphatic rings. The number of nitrogens with one attached hydrogen (secondary N) is 4. The molecule has 14 nitrogen and oxygen atoms in total. The van der Waals surface area contributed by atoms with Crippen molar-refractivity contribution in [2.75, 3.05) is 23.9 Å². The Morgan fingerprint density at radius 3 is 1.44 bits per heavy atom. The maximum Gasteiger partial charge on any atom is 0.248 e. The number of nitrogens with zero attached hydrogens (tertiary/aromatic N) is 7. The topological polar surface area (TPSA) is 184 Å². The smallest absolute Gasteiger partial charge is 0.248 e. The molecule has 0 saturated carbocycles. The Morgan fingerprint density at radius 1 is 0.565 bits per heavy atom. The molecule has 6 aromatic rings. The van der Waals surface area contributed by atoms with Crippen LogP contribution in [0.1, 0.15) is 81.1 Å². The van der Waals surface area contributed by atoms with Crippen molar-refractivity contribution < 1.29 is 10.2 Å². The lowest BCUT2D eigenvalue weighted by Gasteiger charge is -2.49. The van der Waals surface area contributed by atoms with Crippen molar-refractivity contribution in [3.63, 3.8) is 0 Å². The van der Waals surface area contributed by atoms with Gasteiger partial charge in [0, 0.05) is 83.5 Å². The van der Waals surface area contributed by atoms with E-state index in [0.717, 1.165) is 59.7 Å². The average molecular weight is 840 g/mol. The molecule has 326 valence electrons. The van der Waals surface area contributed by atoms with E-state index in [-0.39, 0.29) is 39.2 Å². The molecule has 0 bridgehead atoms. The third kappa shape index (κ3) is 10.3. The van der Waals surface area contributed by atoms with Gasteiger partial charge in [-0.05, 0) is 159 Å². The Morgan fingerprint density at radius 2 is 1.02 bits per heavy atom. The zero-order valence-electron chi connectivity index (χ0n) is 37.6. The molecule has 0 unspecified atom stereocenters. The Balaban J connectivity index is 0.000000187. The van der Waals surface area contributed by atoms with Crippen LogP contribution in [0.25, 0.3) is 44.9 Å². The van der Waals surface area contributed by atoms with E-state index in [1.165, 1.54) is 6.07 Å². The molecule has 14 heteroatoms. The Bertz CT molecular complexity index is 2500. The minimum Gasteiger partial charge on any atom is -0.507 e. The summed E-state index contributed by atoms with van der Waals surface area (Å²) in [6, 6.07) is 24.3. The molecule has 0 radical (unpaired) electrons. The number of aromatic hydroxyl groups is 2. The van der Waals surface area contributed by atoms with Crippen LogP contribution in [-0.4, -0.2) is 94.1 Å².